The summed E-state index contributed by atoms with van der Waals surface area (Å²) < 4.78 is 6.58. The molecule has 3 rings (SSSR count). The molecule has 0 aliphatic carbocycles. The molecule has 2 aromatic rings. The van der Waals surface area contributed by atoms with Gasteiger partial charge in [0.15, 0.2) is 5.82 Å². The lowest BCUT2D eigenvalue weighted by atomic mass is 10.2. The molecule has 3 heterocycles. The van der Waals surface area contributed by atoms with Crippen molar-refractivity contribution in [1.82, 2.24) is 24.6 Å². The first-order valence-electron chi connectivity index (χ1n) is 8.71. The van der Waals surface area contributed by atoms with Crippen LogP contribution in [0.3, 0.4) is 0 Å². The third-order valence-electron chi connectivity index (χ3n) is 4.51. The maximum Gasteiger partial charge on any atom is 0.266 e. The number of amides is 1. The Bertz CT molecular complexity index is 803. The normalized spacial score (nSPS) is 15.2. The van der Waals surface area contributed by atoms with Gasteiger partial charge in [0.2, 0.25) is 5.91 Å². The fourth-order valence-corrected chi connectivity index (χ4v) is 3.08. The first-order chi connectivity index (χ1) is 12.1. The largest absolute Gasteiger partial charge is 0.343 e. The van der Waals surface area contributed by atoms with Crippen molar-refractivity contribution in [2.75, 3.05) is 13.1 Å². The molecule has 2 aromatic heterocycles. The molecule has 0 unspecified atom stereocenters. The highest BCUT2D eigenvalue weighted by Gasteiger charge is 2.18. The average Bonchev–Trinajstić information content (AvgIpc) is 2.85. The van der Waals surface area contributed by atoms with Gasteiger partial charge in [-0.1, -0.05) is 18.0 Å². The summed E-state index contributed by atoms with van der Waals surface area (Å²) in [5.41, 5.74) is -0.00626. The zero-order valence-corrected chi connectivity index (χ0v) is 14.7. The van der Waals surface area contributed by atoms with E-state index in [4.69, 9.17) is 4.52 Å². The summed E-state index contributed by atoms with van der Waals surface area (Å²) in [7, 11) is 0. The van der Waals surface area contributed by atoms with E-state index in [9.17, 15) is 9.59 Å². The Morgan fingerprint density at radius 2 is 1.92 bits per heavy atom. The summed E-state index contributed by atoms with van der Waals surface area (Å²) in [6, 6.07) is 0. The van der Waals surface area contributed by atoms with Crippen LogP contribution in [0.5, 0.6) is 0 Å². The predicted octanol–water partition coefficient (Wildman–Crippen LogP) is 1.70. The Balaban J connectivity index is 1.75. The van der Waals surface area contributed by atoms with E-state index in [1.807, 2.05) is 4.90 Å². The molecule has 1 saturated heterocycles. The van der Waals surface area contributed by atoms with Crippen molar-refractivity contribution < 1.29 is 9.32 Å². The summed E-state index contributed by atoms with van der Waals surface area (Å²) in [6.07, 6.45) is 6.19. The number of aryl methyl sites for hydroxylation is 2. The first kappa shape index (κ1) is 17.3. The van der Waals surface area contributed by atoms with Gasteiger partial charge >= 0.3 is 0 Å². The minimum absolute atomic E-state index is 0.0900. The Labute approximate surface area is 145 Å². The van der Waals surface area contributed by atoms with Gasteiger partial charge in [0.1, 0.15) is 11.4 Å². The summed E-state index contributed by atoms with van der Waals surface area (Å²) in [5.74, 6) is 1.27. The Morgan fingerprint density at radius 1 is 1.20 bits per heavy atom. The fourth-order valence-electron chi connectivity index (χ4n) is 3.08. The molecule has 8 nitrogen and oxygen atoms in total. The lowest BCUT2D eigenvalue weighted by molar-refractivity contribution is -0.131. The smallest absolute Gasteiger partial charge is 0.266 e. The fraction of sp³-hybridized carbons (Fsp3) is 0.588. The summed E-state index contributed by atoms with van der Waals surface area (Å²) >= 11 is 0. The number of carbonyl (C=O) groups excluding carboxylic acids is 1. The van der Waals surface area contributed by atoms with Crippen LogP contribution in [0, 0.1) is 13.8 Å². The van der Waals surface area contributed by atoms with Crippen LogP contribution in [0.4, 0.5) is 0 Å². The maximum absolute atomic E-state index is 12.7. The van der Waals surface area contributed by atoms with Crippen LogP contribution < -0.4 is 5.56 Å². The van der Waals surface area contributed by atoms with Crippen molar-refractivity contribution in [3.63, 3.8) is 0 Å². The van der Waals surface area contributed by atoms with Crippen molar-refractivity contribution in [1.29, 1.82) is 0 Å². The molecule has 0 radical (unpaired) electrons. The van der Waals surface area contributed by atoms with Gasteiger partial charge in [-0.2, -0.15) is 4.98 Å². The van der Waals surface area contributed by atoms with Crippen LogP contribution in [0.1, 0.15) is 43.8 Å². The van der Waals surface area contributed by atoms with Gasteiger partial charge in [-0.3, -0.25) is 14.2 Å². The Morgan fingerprint density at radius 3 is 2.56 bits per heavy atom. The number of rotatable bonds is 4. The average molecular weight is 345 g/mol. The van der Waals surface area contributed by atoms with Crippen LogP contribution in [-0.4, -0.2) is 43.6 Å². The van der Waals surface area contributed by atoms with E-state index in [0.717, 1.165) is 25.9 Å². The van der Waals surface area contributed by atoms with Gasteiger partial charge in [-0.25, -0.2) is 4.98 Å². The minimum atomic E-state index is -0.264. The zero-order valence-electron chi connectivity index (χ0n) is 14.7. The Kier molecular flexibility index (Phi) is 5.25. The van der Waals surface area contributed by atoms with Gasteiger partial charge in [-0.15, -0.1) is 0 Å². The molecule has 1 aliphatic heterocycles. The van der Waals surface area contributed by atoms with Gasteiger partial charge in [0.25, 0.3) is 11.4 Å². The zero-order chi connectivity index (χ0) is 17.8. The van der Waals surface area contributed by atoms with Crippen LogP contribution in [0.15, 0.2) is 15.5 Å². The minimum Gasteiger partial charge on any atom is -0.343 e. The highest BCUT2D eigenvalue weighted by Crippen LogP contribution is 2.13. The monoisotopic (exact) mass is 345 g/mol. The third kappa shape index (κ3) is 3.94. The van der Waals surface area contributed by atoms with Crippen molar-refractivity contribution in [3.8, 4) is 11.5 Å². The second-order valence-electron chi connectivity index (χ2n) is 6.37. The lowest BCUT2D eigenvalue weighted by Gasteiger charge is -2.20. The van der Waals surface area contributed by atoms with E-state index in [1.165, 1.54) is 23.6 Å². The van der Waals surface area contributed by atoms with E-state index in [-0.39, 0.29) is 29.3 Å². The van der Waals surface area contributed by atoms with Gasteiger partial charge in [0.05, 0.1) is 0 Å². The highest BCUT2D eigenvalue weighted by molar-refractivity contribution is 5.76. The molecule has 0 N–H and O–H groups in total. The van der Waals surface area contributed by atoms with Crippen molar-refractivity contribution in [2.24, 2.45) is 0 Å². The predicted molar refractivity (Wildman–Crippen MR) is 90.9 cm³/mol. The number of hydrogen-bond donors (Lipinski definition) is 0. The molecular weight excluding hydrogens is 322 g/mol. The number of carbonyl (C=O) groups is 1. The first-order valence-corrected chi connectivity index (χ1v) is 8.71. The van der Waals surface area contributed by atoms with Crippen LogP contribution in [0.25, 0.3) is 11.5 Å². The van der Waals surface area contributed by atoms with E-state index in [2.05, 4.69) is 15.1 Å². The molecule has 1 aliphatic rings. The standard InChI is InChI=1S/C17H23N5O3/c1-12-19-16(25-20-12)14-11-18-13(2)22(17(14)24)10-7-15(23)21-8-5-3-4-6-9-21/h11H,3-10H2,1-2H3. The molecule has 1 fully saturated rings. The molecule has 25 heavy (non-hydrogen) atoms. The molecule has 8 heteroatoms. The molecule has 0 spiro atoms. The number of likely N-dealkylation sites (tertiary alicyclic amines) is 1. The molecule has 0 saturated carbocycles. The summed E-state index contributed by atoms with van der Waals surface area (Å²) in [4.78, 5) is 35.4. The van der Waals surface area contributed by atoms with Crippen LogP contribution in [-0.2, 0) is 11.3 Å². The molecule has 0 atom stereocenters. The topological polar surface area (TPSA) is 94.1 Å². The third-order valence-corrected chi connectivity index (χ3v) is 4.51. The van der Waals surface area contributed by atoms with Crippen LogP contribution >= 0.6 is 0 Å². The summed E-state index contributed by atoms with van der Waals surface area (Å²) in [5, 5.41) is 3.71. The SMILES string of the molecule is Cc1noc(-c2cnc(C)n(CCC(=O)N3CCCCCC3)c2=O)n1. The van der Waals surface area contributed by atoms with E-state index in [0.29, 0.717) is 18.2 Å². The van der Waals surface area contributed by atoms with Crippen molar-refractivity contribution >= 4 is 5.91 Å². The molecule has 0 bridgehead atoms. The second-order valence-corrected chi connectivity index (χ2v) is 6.37. The van der Waals surface area contributed by atoms with Crippen molar-refractivity contribution in [3.05, 3.63) is 28.2 Å². The maximum atomic E-state index is 12.7. The van der Waals surface area contributed by atoms with Gasteiger partial charge in [0, 0.05) is 32.3 Å². The van der Waals surface area contributed by atoms with Gasteiger partial charge < -0.3 is 9.42 Å². The van der Waals surface area contributed by atoms with E-state index in [1.54, 1.807) is 13.8 Å². The highest BCUT2D eigenvalue weighted by atomic mass is 16.5. The van der Waals surface area contributed by atoms with E-state index < -0.39 is 0 Å². The van der Waals surface area contributed by atoms with Gasteiger partial charge in [-0.05, 0) is 26.7 Å². The van der Waals surface area contributed by atoms with Crippen LogP contribution in [0.2, 0.25) is 0 Å². The number of nitrogens with zero attached hydrogens (tertiary/aromatic N) is 5. The van der Waals surface area contributed by atoms with Crippen molar-refractivity contribution in [2.45, 2.75) is 52.5 Å². The van der Waals surface area contributed by atoms with E-state index >= 15 is 0 Å². The Hall–Kier alpha value is -2.51. The molecular formula is C17H23N5O3. The summed E-state index contributed by atoms with van der Waals surface area (Å²) in [6.45, 7) is 5.36. The number of hydrogen-bond acceptors (Lipinski definition) is 6. The quantitative estimate of drug-likeness (QED) is 0.837. The molecule has 0 aromatic carbocycles. The second kappa shape index (κ2) is 7.58. The number of aromatic nitrogens is 4. The molecule has 134 valence electrons. The molecule has 1 amide bonds. The lowest BCUT2D eigenvalue weighted by Crippen LogP contribution is -2.34.